The normalized spacial score (nSPS) is 11.1. The standard InChI is InChI=1S/C35H29NO3/c37-28-13-10-26(11-14-28)31-18-12-27-23-29(38)15-19-32(27)34(31)22-24-8-16-30(17-9-24)39-21-20-36-35-7-3-5-25-4-1-2-6-33(25)35/h1-19,23,36-38H,20-22H2. The molecule has 0 fully saturated rings. The molecule has 6 aromatic carbocycles. The third-order valence-electron chi connectivity index (χ3n) is 7.07. The van der Waals surface area contributed by atoms with Crippen molar-refractivity contribution in [1.29, 1.82) is 0 Å². The Labute approximate surface area is 227 Å². The Morgan fingerprint density at radius 1 is 0.615 bits per heavy atom. The first-order valence-electron chi connectivity index (χ1n) is 13.1. The fourth-order valence-corrected chi connectivity index (χ4v) is 5.13. The highest BCUT2D eigenvalue weighted by atomic mass is 16.5. The van der Waals surface area contributed by atoms with Gasteiger partial charge in [-0.2, -0.15) is 0 Å². The highest BCUT2D eigenvalue weighted by molar-refractivity contribution is 5.94. The predicted octanol–water partition coefficient (Wildman–Crippen LogP) is 8.15. The summed E-state index contributed by atoms with van der Waals surface area (Å²) in [7, 11) is 0. The summed E-state index contributed by atoms with van der Waals surface area (Å²) < 4.78 is 6.02. The van der Waals surface area contributed by atoms with Crippen molar-refractivity contribution in [1.82, 2.24) is 0 Å². The van der Waals surface area contributed by atoms with Crippen LogP contribution in [0.5, 0.6) is 17.2 Å². The summed E-state index contributed by atoms with van der Waals surface area (Å²) in [5, 5.41) is 27.8. The molecule has 0 saturated carbocycles. The number of benzene rings is 6. The van der Waals surface area contributed by atoms with E-state index in [0.29, 0.717) is 13.2 Å². The molecule has 4 heteroatoms. The van der Waals surface area contributed by atoms with Crippen molar-refractivity contribution in [3.05, 3.63) is 132 Å². The van der Waals surface area contributed by atoms with Gasteiger partial charge >= 0.3 is 0 Å². The van der Waals surface area contributed by atoms with E-state index in [4.69, 9.17) is 4.74 Å². The molecule has 3 N–H and O–H groups in total. The van der Waals surface area contributed by atoms with E-state index in [1.807, 2.05) is 36.4 Å². The fraction of sp³-hybridized carbons (Fsp3) is 0.0857. The van der Waals surface area contributed by atoms with Crippen LogP contribution >= 0.6 is 0 Å². The summed E-state index contributed by atoms with van der Waals surface area (Å²) in [6, 6.07) is 39.8. The maximum atomic E-state index is 10.0. The van der Waals surface area contributed by atoms with Crippen LogP contribution in [-0.2, 0) is 6.42 Å². The lowest BCUT2D eigenvalue weighted by molar-refractivity contribution is 0.333. The monoisotopic (exact) mass is 511 g/mol. The number of nitrogens with one attached hydrogen (secondary N) is 1. The van der Waals surface area contributed by atoms with Crippen LogP contribution in [0.3, 0.4) is 0 Å². The molecule has 0 spiro atoms. The second-order valence-corrected chi connectivity index (χ2v) is 9.67. The average molecular weight is 512 g/mol. The molecule has 6 rings (SSSR count). The lowest BCUT2D eigenvalue weighted by Crippen LogP contribution is -2.11. The number of hydrogen-bond acceptors (Lipinski definition) is 4. The van der Waals surface area contributed by atoms with Gasteiger partial charge in [0.1, 0.15) is 23.9 Å². The van der Waals surface area contributed by atoms with Crippen molar-refractivity contribution in [3.63, 3.8) is 0 Å². The topological polar surface area (TPSA) is 61.7 Å². The molecule has 0 aromatic heterocycles. The van der Waals surface area contributed by atoms with Crippen molar-refractivity contribution >= 4 is 27.2 Å². The van der Waals surface area contributed by atoms with E-state index in [-0.39, 0.29) is 11.5 Å². The lowest BCUT2D eigenvalue weighted by atomic mass is 9.90. The smallest absolute Gasteiger partial charge is 0.119 e. The second-order valence-electron chi connectivity index (χ2n) is 9.67. The number of phenols is 2. The van der Waals surface area contributed by atoms with Crippen LogP contribution in [0.1, 0.15) is 11.1 Å². The van der Waals surface area contributed by atoms with Crippen LogP contribution in [0.2, 0.25) is 0 Å². The van der Waals surface area contributed by atoms with Crippen molar-refractivity contribution in [2.24, 2.45) is 0 Å². The Morgan fingerprint density at radius 3 is 2.23 bits per heavy atom. The third kappa shape index (κ3) is 5.36. The maximum absolute atomic E-state index is 10.0. The Balaban J connectivity index is 1.17. The van der Waals surface area contributed by atoms with Gasteiger partial charge in [-0.05, 0) is 87.3 Å². The lowest BCUT2D eigenvalue weighted by Gasteiger charge is -2.15. The van der Waals surface area contributed by atoms with E-state index < -0.39 is 0 Å². The van der Waals surface area contributed by atoms with E-state index in [2.05, 4.69) is 66.0 Å². The molecule has 0 bridgehead atoms. The first-order chi connectivity index (χ1) is 19.1. The van der Waals surface area contributed by atoms with Gasteiger partial charge in [-0.1, -0.05) is 78.9 Å². The number of hydrogen-bond donors (Lipinski definition) is 3. The molecule has 0 heterocycles. The number of phenolic OH excluding ortho intramolecular Hbond substituents is 2. The van der Waals surface area contributed by atoms with Gasteiger partial charge in [-0.3, -0.25) is 0 Å². The first kappa shape index (κ1) is 24.4. The first-order valence-corrected chi connectivity index (χ1v) is 13.1. The molecule has 6 aromatic rings. The Morgan fingerprint density at radius 2 is 1.38 bits per heavy atom. The number of fused-ring (bicyclic) bond motifs is 2. The summed E-state index contributed by atoms with van der Waals surface area (Å²) in [6.07, 6.45) is 0.723. The van der Waals surface area contributed by atoms with Crippen molar-refractivity contribution in [3.8, 4) is 28.4 Å². The molecule has 4 nitrogen and oxygen atoms in total. The molecule has 0 radical (unpaired) electrons. The zero-order valence-corrected chi connectivity index (χ0v) is 21.5. The van der Waals surface area contributed by atoms with Crippen molar-refractivity contribution < 1.29 is 14.9 Å². The Kier molecular flexibility index (Phi) is 6.75. The molecule has 0 aliphatic carbocycles. The van der Waals surface area contributed by atoms with E-state index in [1.54, 1.807) is 24.3 Å². The zero-order chi connectivity index (χ0) is 26.6. The minimum Gasteiger partial charge on any atom is -0.508 e. The van der Waals surface area contributed by atoms with Crippen molar-refractivity contribution in [2.45, 2.75) is 6.42 Å². The summed E-state index contributed by atoms with van der Waals surface area (Å²) in [5.74, 6) is 1.33. The van der Waals surface area contributed by atoms with Gasteiger partial charge in [0.05, 0.1) is 0 Å². The van der Waals surface area contributed by atoms with Gasteiger partial charge in [0, 0.05) is 17.6 Å². The van der Waals surface area contributed by atoms with Crippen LogP contribution < -0.4 is 10.1 Å². The number of rotatable bonds is 8. The summed E-state index contributed by atoms with van der Waals surface area (Å²) in [4.78, 5) is 0. The second kappa shape index (κ2) is 10.8. The SMILES string of the molecule is Oc1ccc(-c2ccc3cc(O)ccc3c2Cc2ccc(OCCNc3cccc4ccccc34)cc2)cc1. The highest BCUT2D eigenvalue weighted by Crippen LogP contribution is 2.34. The van der Waals surface area contributed by atoms with Crippen LogP contribution in [0, 0.1) is 0 Å². The van der Waals surface area contributed by atoms with Crippen LogP contribution in [0.15, 0.2) is 121 Å². The minimum atomic E-state index is 0.244. The average Bonchev–Trinajstić information content (AvgIpc) is 2.97. The van der Waals surface area contributed by atoms with E-state index >= 15 is 0 Å². The maximum Gasteiger partial charge on any atom is 0.119 e. The number of anilines is 1. The minimum absolute atomic E-state index is 0.244. The molecule has 39 heavy (non-hydrogen) atoms. The van der Waals surface area contributed by atoms with E-state index in [0.717, 1.165) is 45.3 Å². The fourth-order valence-electron chi connectivity index (χ4n) is 5.13. The molecule has 192 valence electrons. The summed E-state index contributed by atoms with van der Waals surface area (Å²) in [5.41, 5.74) is 5.59. The van der Waals surface area contributed by atoms with Gasteiger partial charge in [0.25, 0.3) is 0 Å². The van der Waals surface area contributed by atoms with Crippen LogP contribution in [0.25, 0.3) is 32.7 Å². The van der Waals surface area contributed by atoms with E-state index in [9.17, 15) is 10.2 Å². The van der Waals surface area contributed by atoms with Crippen LogP contribution in [-0.4, -0.2) is 23.4 Å². The number of aromatic hydroxyl groups is 2. The van der Waals surface area contributed by atoms with Crippen molar-refractivity contribution in [2.75, 3.05) is 18.5 Å². The molecule has 0 unspecified atom stereocenters. The summed E-state index contributed by atoms with van der Waals surface area (Å²) in [6.45, 7) is 1.26. The third-order valence-corrected chi connectivity index (χ3v) is 7.07. The van der Waals surface area contributed by atoms with Crippen LogP contribution in [0.4, 0.5) is 5.69 Å². The molecular formula is C35H29NO3. The Hall–Kier alpha value is -4.96. The molecule has 0 amide bonds. The van der Waals surface area contributed by atoms with Gasteiger partial charge in [-0.25, -0.2) is 0 Å². The van der Waals surface area contributed by atoms with Gasteiger partial charge in [0.15, 0.2) is 0 Å². The molecule has 0 saturated heterocycles. The quantitative estimate of drug-likeness (QED) is 0.180. The highest BCUT2D eigenvalue weighted by Gasteiger charge is 2.12. The molecule has 0 aliphatic rings. The number of ether oxygens (including phenoxy) is 1. The Bertz CT molecular complexity index is 1740. The zero-order valence-electron chi connectivity index (χ0n) is 21.5. The molecular weight excluding hydrogens is 482 g/mol. The van der Waals surface area contributed by atoms with E-state index in [1.165, 1.54) is 16.3 Å². The largest absolute Gasteiger partial charge is 0.508 e. The van der Waals surface area contributed by atoms with Gasteiger partial charge in [-0.15, -0.1) is 0 Å². The van der Waals surface area contributed by atoms with Gasteiger partial charge < -0.3 is 20.3 Å². The summed E-state index contributed by atoms with van der Waals surface area (Å²) >= 11 is 0. The molecule has 0 atom stereocenters. The molecule has 0 aliphatic heterocycles. The predicted molar refractivity (Wildman–Crippen MR) is 160 cm³/mol. The van der Waals surface area contributed by atoms with Gasteiger partial charge in [0.2, 0.25) is 0 Å².